The van der Waals surface area contributed by atoms with Crippen molar-refractivity contribution >= 4 is 23.7 Å². The molecule has 0 unspecified atom stereocenters. The number of ether oxygens (including phenoxy) is 1. The summed E-state index contributed by atoms with van der Waals surface area (Å²) >= 11 is 0. The van der Waals surface area contributed by atoms with E-state index in [-0.39, 0.29) is 24.4 Å². The van der Waals surface area contributed by atoms with Crippen LogP contribution in [0.4, 0.5) is 10.5 Å². The Hall–Kier alpha value is -3.35. The monoisotopic (exact) mass is 342 g/mol. The molecule has 2 aromatic rings. The van der Waals surface area contributed by atoms with Crippen LogP contribution in [0.15, 0.2) is 54.6 Å². The summed E-state index contributed by atoms with van der Waals surface area (Å²) in [5.74, 6) is -1.67. The first kappa shape index (κ1) is 18.0. The molecule has 0 atom stereocenters. The predicted molar refractivity (Wildman–Crippen MR) is 91.3 cm³/mol. The fraction of sp³-hybridized carbons (Fsp3) is 0.167. The van der Waals surface area contributed by atoms with Gasteiger partial charge >= 0.3 is 12.1 Å². The molecule has 2 N–H and O–H groups in total. The SMILES string of the molecule is CN(CC(=O)Nc1ccccc1C(=O)O)C(=O)OCc1ccccc1. The third-order valence-corrected chi connectivity index (χ3v) is 3.33. The summed E-state index contributed by atoms with van der Waals surface area (Å²) in [6.45, 7) is -0.158. The second-order valence-corrected chi connectivity index (χ2v) is 5.30. The van der Waals surface area contributed by atoms with Crippen molar-refractivity contribution in [1.82, 2.24) is 4.90 Å². The maximum absolute atomic E-state index is 12.0. The molecule has 0 aliphatic carbocycles. The maximum atomic E-state index is 12.0. The summed E-state index contributed by atoms with van der Waals surface area (Å²) in [4.78, 5) is 36.2. The zero-order chi connectivity index (χ0) is 18.2. The molecule has 7 heteroatoms. The number of carbonyl (C=O) groups is 3. The molecule has 0 aromatic heterocycles. The standard InChI is InChI=1S/C18H18N2O5/c1-20(18(24)25-12-13-7-3-2-4-8-13)11-16(21)19-15-10-6-5-9-14(15)17(22)23/h2-10H,11-12H2,1H3,(H,19,21)(H,22,23). The van der Waals surface area contributed by atoms with Crippen LogP contribution in [-0.2, 0) is 16.1 Å². The van der Waals surface area contributed by atoms with E-state index in [0.717, 1.165) is 10.5 Å². The van der Waals surface area contributed by atoms with Crippen molar-refractivity contribution in [2.24, 2.45) is 0 Å². The predicted octanol–water partition coefficient (Wildman–Crippen LogP) is 2.59. The highest BCUT2D eigenvalue weighted by atomic mass is 16.6. The summed E-state index contributed by atoms with van der Waals surface area (Å²) in [5, 5.41) is 11.6. The van der Waals surface area contributed by atoms with Crippen LogP contribution < -0.4 is 5.32 Å². The minimum absolute atomic E-state index is 0.0230. The molecular weight excluding hydrogens is 324 g/mol. The van der Waals surface area contributed by atoms with Gasteiger partial charge in [0, 0.05) is 7.05 Å². The molecule has 130 valence electrons. The second kappa shape index (κ2) is 8.49. The van der Waals surface area contributed by atoms with E-state index >= 15 is 0 Å². The average Bonchev–Trinajstić information content (AvgIpc) is 2.60. The molecule has 25 heavy (non-hydrogen) atoms. The van der Waals surface area contributed by atoms with E-state index in [9.17, 15) is 14.4 Å². The van der Waals surface area contributed by atoms with E-state index in [4.69, 9.17) is 9.84 Å². The summed E-state index contributed by atoms with van der Waals surface area (Å²) in [5.41, 5.74) is 0.986. The number of carbonyl (C=O) groups excluding carboxylic acids is 2. The smallest absolute Gasteiger partial charge is 0.410 e. The first-order chi connectivity index (χ1) is 12.0. The Balaban J connectivity index is 1.87. The molecular formula is C18H18N2O5. The second-order valence-electron chi connectivity index (χ2n) is 5.30. The molecule has 2 rings (SSSR count). The highest BCUT2D eigenvalue weighted by Gasteiger charge is 2.16. The molecule has 0 aliphatic rings. The zero-order valence-electron chi connectivity index (χ0n) is 13.6. The largest absolute Gasteiger partial charge is 0.478 e. The molecule has 0 fully saturated rings. The van der Waals surface area contributed by atoms with Crippen LogP contribution in [-0.4, -0.2) is 41.6 Å². The maximum Gasteiger partial charge on any atom is 0.410 e. The lowest BCUT2D eigenvalue weighted by Crippen LogP contribution is -2.35. The van der Waals surface area contributed by atoms with E-state index in [1.165, 1.54) is 19.2 Å². The Bertz CT molecular complexity index is 761. The van der Waals surface area contributed by atoms with Crippen LogP contribution in [0.3, 0.4) is 0 Å². The number of nitrogens with one attached hydrogen (secondary N) is 1. The van der Waals surface area contributed by atoms with Crippen molar-refractivity contribution in [2.75, 3.05) is 18.9 Å². The first-order valence-electron chi connectivity index (χ1n) is 7.51. The number of aromatic carboxylic acids is 1. The molecule has 0 heterocycles. The third-order valence-electron chi connectivity index (χ3n) is 3.33. The van der Waals surface area contributed by atoms with Crippen LogP contribution >= 0.6 is 0 Å². The van der Waals surface area contributed by atoms with Crippen LogP contribution in [0.2, 0.25) is 0 Å². The van der Waals surface area contributed by atoms with Gasteiger partial charge in [0.2, 0.25) is 5.91 Å². The Morgan fingerprint density at radius 1 is 1.04 bits per heavy atom. The fourth-order valence-electron chi connectivity index (χ4n) is 2.08. The van der Waals surface area contributed by atoms with Gasteiger partial charge in [0.05, 0.1) is 11.3 Å². The van der Waals surface area contributed by atoms with E-state index in [0.29, 0.717) is 0 Å². The van der Waals surface area contributed by atoms with Gasteiger partial charge in [-0.15, -0.1) is 0 Å². The van der Waals surface area contributed by atoms with E-state index in [2.05, 4.69) is 5.32 Å². The van der Waals surface area contributed by atoms with Crippen LogP contribution in [0.25, 0.3) is 0 Å². The van der Waals surface area contributed by atoms with Gasteiger partial charge in [-0.2, -0.15) is 0 Å². The zero-order valence-corrected chi connectivity index (χ0v) is 13.6. The summed E-state index contributed by atoms with van der Waals surface area (Å²) in [6.07, 6.45) is -0.648. The van der Waals surface area contributed by atoms with Gasteiger partial charge in [-0.1, -0.05) is 42.5 Å². The van der Waals surface area contributed by atoms with E-state index in [1.807, 2.05) is 30.3 Å². The molecule has 2 aromatic carbocycles. The van der Waals surface area contributed by atoms with Gasteiger partial charge in [-0.05, 0) is 17.7 Å². The van der Waals surface area contributed by atoms with Crippen LogP contribution in [0.1, 0.15) is 15.9 Å². The number of likely N-dealkylation sites (N-methyl/N-ethyl adjacent to an activating group) is 1. The molecule has 0 saturated heterocycles. The Labute approximate surface area is 144 Å². The molecule has 0 saturated carbocycles. The van der Waals surface area contributed by atoms with E-state index < -0.39 is 18.0 Å². The molecule has 7 nitrogen and oxygen atoms in total. The summed E-state index contributed by atoms with van der Waals surface area (Å²) in [7, 11) is 1.43. The molecule has 0 aliphatic heterocycles. The number of anilines is 1. The number of hydrogen-bond donors (Lipinski definition) is 2. The highest BCUT2D eigenvalue weighted by molar-refractivity contribution is 6.01. The van der Waals surface area contributed by atoms with Crippen molar-refractivity contribution in [3.8, 4) is 0 Å². The minimum atomic E-state index is -1.15. The fourth-order valence-corrected chi connectivity index (χ4v) is 2.08. The topological polar surface area (TPSA) is 95.9 Å². The number of carboxylic acids is 1. The lowest BCUT2D eigenvalue weighted by molar-refractivity contribution is -0.116. The number of rotatable bonds is 6. The number of hydrogen-bond acceptors (Lipinski definition) is 4. The van der Waals surface area contributed by atoms with Crippen molar-refractivity contribution in [2.45, 2.75) is 6.61 Å². The molecule has 0 spiro atoms. The normalized spacial score (nSPS) is 9.96. The number of carboxylic acid groups (broad SMARTS) is 1. The first-order valence-corrected chi connectivity index (χ1v) is 7.51. The van der Waals surface area contributed by atoms with Crippen LogP contribution in [0, 0.1) is 0 Å². The number of amides is 2. The Kier molecular flexibility index (Phi) is 6.11. The molecule has 0 radical (unpaired) electrons. The minimum Gasteiger partial charge on any atom is -0.478 e. The highest BCUT2D eigenvalue weighted by Crippen LogP contribution is 2.14. The Morgan fingerprint density at radius 2 is 1.68 bits per heavy atom. The van der Waals surface area contributed by atoms with Gasteiger partial charge in [0.1, 0.15) is 13.2 Å². The van der Waals surface area contributed by atoms with Gasteiger partial charge in [0.15, 0.2) is 0 Å². The van der Waals surface area contributed by atoms with Crippen molar-refractivity contribution < 1.29 is 24.2 Å². The van der Waals surface area contributed by atoms with Crippen LogP contribution in [0.5, 0.6) is 0 Å². The lowest BCUT2D eigenvalue weighted by atomic mass is 10.2. The molecule has 2 amide bonds. The third kappa shape index (κ3) is 5.35. The Morgan fingerprint density at radius 3 is 2.36 bits per heavy atom. The lowest BCUT2D eigenvalue weighted by Gasteiger charge is -2.17. The molecule has 0 bridgehead atoms. The quantitative estimate of drug-likeness (QED) is 0.841. The van der Waals surface area contributed by atoms with Crippen molar-refractivity contribution in [3.05, 3.63) is 65.7 Å². The van der Waals surface area contributed by atoms with Gasteiger partial charge in [-0.3, -0.25) is 4.79 Å². The summed E-state index contributed by atoms with van der Waals surface area (Å²) in [6, 6.07) is 15.2. The average molecular weight is 342 g/mol. The summed E-state index contributed by atoms with van der Waals surface area (Å²) < 4.78 is 5.12. The van der Waals surface area contributed by atoms with Gasteiger partial charge in [-0.25, -0.2) is 9.59 Å². The van der Waals surface area contributed by atoms with Gasteiger partial charge in [0.25, 0.3) is 0 Å². The van der Waals surface area contributed by atoms with Crippen molar-refractivity contribution in [3.63, 3.8) is 0 Å². The van der Waals surface area contributed by atoms with Crippen molar-refractivity contribution in [1.29, 1.82) is 0 Å². The number of para-hydroxylation sites is 1. The van der Waals surface area contributed by atoms with Gasteiger partial charge < -0.3 is 20.1 Å². The van der Waals surface area contributed by atoms with E-state index in [1.54, 1.807) is 12.1 Å². The number of nitrogens with zero attached hydrogens (tertiary/aromatic N) is 1. The number of benzene rings is 2.